The van der Waals surface area contributed by atoms with Crippen molar-refractivity contribution in [1.29, 1.82) is 0 Å². The molecule has 5 nitrogen and oxygen atoms in total. The Morgan fingerprint density at radius 1 is 1.13 bits per heavy atom. The van der Waals surface area contributed by atoms with Crippen molar-refractivity contribution in [3.63, 3.8) is 0 Å². The minimum Gasteiger partial charge on any atom is -0.481 e. The highest BCUT2D eigenvalue weighted by Gasteiger charge is 2.39. The highest BCUT2D eigenvalue weighted by molar-refractivity contribution is 5.68. The van der Waals surface area contributed by atoms with Crippen molar-refractivity contribution in [3.05, 3.63) is 0 Å². The van der Waals surface area contributed by atoms with E-state index in [4.69, 9.17) is 9.84 Å². The van der Waals surface area contributed by atoms with Crippen LogP contribution in [0.3, 0.4) is 0 Å². The Morgan fingerprint density at radius 3 is 2.17 bits per heavy atom. The molecule has 1 saturated heterocycles. The Kier molecular flexibility index (Phi) is 5.58. The molecule has 2 aliphatic rings. The molecule has 0 bridgehead atoms. The van der Waals surface area contributed by atoms with Gasteiger partial charge < -0.3 is 14.7 Å². The summed E-state index contributed by atoms with van der Waals surface area (Å²) in [5.74, 6) is -0.114. The van der Waals surface area contributed by atoms with Crippen molar-refractivity contribution in [3.8, 4) is 0 Å². The first-order valence-electron chi connectivity index (χ1n) is 8.89. The van der Waals surface area contributed by atoms with E-state index in [0.717, 1.165) is 45.2 Å². The highest BCUT2D eigenvalue weighted by Crippen LogP contribution is 2.47. The van der Waals surface area contributed by atoms with Crippen LogP contribution in [0.2, 0.25) is 0 Å². The van der Waals surface area contributed by atoms with Crippen molar-refractivity contribution in [2.45, 2.75) is 77.7 Å². The summed E-state index contributed by atoms with van der Waals surface area (Å²) >= 11 is 0. The van der Waals surface area contributed by atoms with E-state index < -0.39 is 11.6 Å². The van der Waals surface area contributed by atoms with Gasteiger partial charge in [-0.1, -0.05) is 0 Å². The number of piperidine rings is 1. The maximum atomic E-state index is 12.1. The number of rotatable bonds is 3. The van der Waals surface area contributed by atoms with E-state index in [1.165, 1.54) is 12.8 Å². The second kappa shape index (κ2) is 7.10. The fourth-order valence-corrected chi connectivity index (χ4v) is 3.90. The molecule has 0 aromatic heterocycles. The Morgan fingerprint density at radius 2 is 1.70 bits per heavy atom. The molecular formula is C18H31NO4. The second-order valence-electron chi connectivity index (χ2n) is 8.34. The molecule has 2 fully saturated rings. The van der Waals surface area contributed by atoms with Crippen LogP contribution in [0.4, 0.5) is 4.79 Å². The number of carboxylic acid groups (broad SMARTS) is 1. The van der Waals surface area contributed by atoms with Crippen LogP contribution in [-0.2, 0) is 9.53 Å². The van der Waals surface area contributed by atoms with Gasteiger partial charge in [0, 0.05) is 19.5 Å². The first-order valence-corrected chi connectivity index (χ1v) is 8.89. The normalized spacial score (nSPS) is 22.1. The first kappa shape index (κ1) is 18.1. The van der Waals surface area contributed by atoms with Crippen LogP contribution in [0.1, 0.15) is 72.1 Å². The maximum absolute atomic E-state index is 12.1. The molecule has 0 aromatic carbocycles. The van der Waals surface area contributed by atoms with Crippen molar-refractivity contribution in [2.75, 3.05) is 13.1 Å². The number of carbonyl (C=O) groups is 2. The van der Waals surface area contributed by atoms with E-state index in [-0.39, 0.29) is 6.09 Å². The van der Waals surface area contributed by atoms with Crippen LogP contribution < -0.4 is 0 Å². The molecule has 23 heavy (non-hydrogen) atoms. The second-order valence-corrected chi connectivity index (χ2v) is 8.34. The van der Waals surface area contributed by atoms with E-state index in [9.17, 15) is 9.59 Å². The van der Waals surface area contributed by atoms with Gasteiger partial charge in [-0.2, -0.15) is 0 Å². The van der Waals surface area contributed by atoms with Gasteiger partial charge in [-0.05, 0) is 77.0 Å². The van der Waals surface area contributed by atoms with Crippen LogP contribution in [0.15, 0.2) is 0 Å². The van der Waals surface area contributed by atoms with E-state index in [2.05, 4.69) is 0 Å². The van der Waals surface area contributed by atoms with Crippen molar-refractivity contribution in [1.82, 2.24) is 4.90 Å². The summed E-state index contributed by atoms with van der Waals surface area (Å²) in [6, 6.07) is 0. The predicted molar refractivity (Wildman–Crippen MR) is 88.3 cm³/mol. The molecule has 1 spiro atoms. The molecule has 1 heterocycles. The van der Waals surface area contributed by atoms with Crippen molar-refractivity contribution in [2.24, 2.45) is 11.3 Å². The summed E-state index contributed by atoms with van der Waals surface area (Å²) in [5, 5.41) is 8.80. The lowest BCUT2D eigenvalue weighted by molar-refractivity contribution is -0.137. The molecule has 0 unspecified atom stereocenters. The topological polar surface area (TPSA) is 66.8 Å². The Hall–Kier alpha value is -1.26. The van der Waals surface area contributed by atoms with Gasteiger partial charge in [0.15, 0.2) is 0 Å². The van der Waals surface area contributed by atoms with Gasteiger partial charge in [0.05, 0.1) is 0 Å². The van der Waals surface area contributed by atoms with E-state index in [1.54, 1.807) is 0 Å². The molecule has 132 valence electrons. The lowest BCUT2D eigenvalue weighted by atomic mass is 9.65. The van der Waals surface area contributed by atoms with Gasteiger partial charge in [-0.15, -0.1) is 0 Å². The zero-order chi connectivity index (χ0) is 17.1. The van der Waals surface area contributed by atoms with Gasteiger partial charge >= 0.3 is 12.1 Å². The van der Waals surface area contributed by atoms with Crippen LogP contribution in [0.25, 0.3) is 0 Å². The molecule has 5 heteroatoms. The third kappa shape index (κ3) is 5.40. The lowest BCUT2D eigenvalue weighted by Crippen LogP contribution is -2.46. The molecule has 1 amide bonds. The summed E-state index contributed by atoms with van der Waals surface area (Å²) in [6.45, 7) is 7.27. The number of nitrogens with zero attached hydrogens (tertiary/aromatic N) is 1. The standard InChI is InChI=1S/C18H31NO4/c1-17(2,3)23-16(22)19-12-10-18(11-13-19)8-6-14(7-9-18)4-5-15(20)21/h14H,4-13H2,1-3H3,(H,20,21). The third-order valence-corrected chi connectivity index (χ3v) is 5.41. The predicted octanol–water partition coefficient (Wildman–Crippen LogP) is 4.06. The minimum absolute atomic E-state index is 0.192. The number of carbonyl (C=O) groups excluding carboxylic acids is 1. The Bertz CT molecular complexity index is 423. The van der Waals surface area contributed by atoms with Crippen molar-refractivity contribution >= 4 is 12.1 Å². The summed E-state index contributed by atoms with van der Waals surface area (Å²) in [6.07, 6.45) is 7.66. The van der Waals surface area contributed by atoms with Gasteiger partial charge in [-0.25, -0.2) is 4.79 Å². The van der Waals surface area contributed by atoms with Crippen LogP contribution in [0.5, 0.6) is 0 Å². The monoisotopic (exact) mass is 325 g/mol. The Labute approximate surface area is 139 Å². The average Bonchev–Trinajstić information content (AvgIpc) is 2.45. The van der Waals surface area contributed by atoms with Crippen LogP contribution in [0, 0.1) is 11.3 Å². The van der Waals surface area contributed by atoms with Crippen LogP contribution >= 0.6 is 0 Å². The lowest BCUT2D eigenvalue weighted by Gasteiger charge is -2.46. The summed E-state index contributed by atoms with van der Waals surface area (Å²) in [7, 11) is 0. The fraction of sp³-hybridized carbons (Fsp3) is 0.889. The van der Waals surface area contributed by atoms with E-state index >= 15 is 0 Å². The van der Waals surface area contributed by atoms with Gasteiger partial charge in [-0.3, -0.25) is 4.79 Å². The summed E-state index contributed by atoms with van der Waals surface area (Å²) in [4.78, 5) is 24.7. The Balaban J connectivity index is 1.76. The number of aliphatic carboxylic acids is 1. The number of likely N-dealkylation sites (tertiary alicyclic amines) is 1. The smallest absolute Gasteiger partial charge is 0.410 e. The van der Waals surface area contributed by atoms with Crippen molar-refractivity contribution < 1.29 is 19.4 Å². The van der Waals surface area contributed by atoms with Gasteiger partial charge in [0.25, 0.3) is 0 Å². The van der Waals surface area contributed by atoms with Gasteiger partial charge in [0.2, 0.25) is 0 Å². The highest BCUT2D eigenvalue weighted by atomic mass is 16.6. The SMILES string of the molecule is CC(C)(C)OC(=O)N1CCC2(CCC(CCC(=O)O)CC2)CC1. The number of amides is 1. The molecule has 1 saturated carbocycles. The number of hydrogen-bond acceptors (Lipinski definition) is 3. The molecule has 0 radical (unpaired) electrons. The van der Waals surface area contributed by atoms with E-state index in [1.807, 2.05) is 25.7 Å². The molecule has 1 aliphatic carbocycles. The molecule has 1 N–H and O–H groups in total. The summed E-state index contributed by atoms with van der Waals surface area (Å²) in [5.41, 5.74) is -0.0628. The summed E-state index contributed by atoms with van der Waals surface area (Å²) < 4.78 is 5.46. The third-order valence-electron chi connectivity index (χ3n) is 5.41. The minimum atomic E-state index is -0.684. The molecule has 0 aromatic rings. The number of ether oxygens (including phenoxy) is 1. The average molecular weight is 325 g/mol. The zero-order valence-electron chi connectivity index (χ0n) is 14.8. The van der Waals surface area contributed by atoms with Gasteiger partial charge in [0.1, 0.15) is 5.60 Å². The first-order chi connectivity index (χ1) is 10.7. The van der Waals surface area contributed by atoms with E-state index in [0.29, 0.717) is 17.8 Å². The fourth-order valence-electron chi connectivity index (χ4n) is 3.90. The van der Waals surface area contributed by atoms with Crippen LogP contribution in [-0.4, -0.2) is 40.8 Å². The quantitative estimate of drug-likeness (QED) is 0.849. The molecule has 1 aliphatic heterocycles. The molecule has 2 rings (SSSR count). The largest absolute Gasteiger partial charge is 0.481 e. The molecule has 0 atom stereocenters. The number of hydrogen-bond donors (Lipinski definition) is 1. The zero-order valence-corrected chi connectivity index (χ0v) is 14.8. The number of carboxylic acids is 1. The maximum Gasteiger partial charge on any atom is 0.410 e. The molecular weight excluding hydrogens is 294 g/mol.